The van der Waals surface area contributed by atoms with Crippen LogP contribution in [-0.4, -0.2) is 71.8 Å². The first kappa shape index (κ1) is 22.0. The molecule has 2 fully saturated rings. The number of benzene rings is 1. The maximum absolute atomic E-state index is 13.1. The molecule has 0 aliphatic carbocycles. The Labute approximate surface area is 189 Å². The zero-order valence-corrected chi connectivity index (χ0v) is 19.4. The zero-order chi connectivity index (χ0) is 21.8. The Hall–Kier alpha value is -2.18. The van der Waals surface area contributed by atoms with Crippen LogP contribution in [0.1, 0.15) is 39.9 Å². The van der Waals surface area contributed by atoms with Gasteiger partial charge in [0.05, 0.1) is 10.9 Å². The molecule has 31 heavy (non-hydrogen) atoms. The van der Waals surface area contributed by atoms with Crippen molar-refractivity contribution in [2.24, 2.45) is 5.92 Å². The third-order valence-electron chi connectivity index (χ3n) is 6.75. The van der Waals surface area contributed by atoms with Crippen molar-refractivity contribution in [3.05, 3.63) is 57.8 Å². The predicted molar refractivity (Wildman–Crippen MR) is 125 cm³/mol. The van der Waals surface area contributed by atoms with Crippen molar-refractivity contribution in [3.63, 3.8) is 0 Å². The van der Waals surface area contributed by atoms with Crippen molar-refractivity contribution < 1.29 is 9.59 Å². The molecule has 2 amide bonds. The SMILES string of the molecule is Cc1ccc(C(=O)N2CCN(C(C)C(=O)N3CCC(Cc4ccccc4)CC3)CC2)s1. The fourth-order valence-corrected chi connectivity index (χ4v) is 5.58. The van der Waals surface area contributed by atoms with E-state index in [-0.39, 0.29) is 17.9 Å². The molecular formula is C25H33N3O2S. The Balaban J connectivity index is 1.23. The quantitative estimate of drug-likeness (QED) is 0.714. The highest BCUT2D eigenvalue weighted by Crippen LogP contribution is 2.23. The molecule has 0 radical (unpaired) electrons. The minimum atomic E-state index is -0.119. The van der Waals surface area contributed by atoms with E-state index in [4.69, 9.17) is 0 Å². The summed E-state index contributed by atoms with van der Waals surface area (Å²) < 4.78 is 0. The summed E-state index contributed by atoms with van der Waals surface area (Å²) in [5, 5.41) is 0. The van der Waals surface area contributed by atoms with Crippen molar-refractivity contribution in [1.82, 2.24) is 14.7 Å². The van der Waals surface area contributed by atoms with E-state index in [1.54, 1.807) is 11.3 Å². The molecule has 2 aliphatic rings. The van der Waals surface area contributed by atoms with Crippen molar-refractivity contribution in [1.29, 1.82) is 0 Å². The van der Waals surface area contributed by atoms with Crippen LogP contribution in [0.25, 0.3) is 0 Å². The van der Waals surface area contributed by atoms with Crippen LogP contribution < -0.4 is 0 Å². The monoisotopic (exact) mass is 439 g/mol. The summed E-state index contributed by atoms with van der Waals surface area (Å²) in [4.78, 5) is 34.0. The molecule has 0 spiro atoms. The number of piperidine rings is 1. The zero-order valence-electron chi connectivity index (χ0n) is 18.6. The summed E-state index contributed by atoms with van der Waals surface area (Å²) in [6, 6.07) is 14.5. The van der Waals surface area contributed by atoms with Crippen LogP contribution in [0.4, 0.5) is 0 Å². The topological polar surface area (TPSA) is 43.9 Å². The van der Waals surface area contributed by atoms with Gasteiger partial charge in [-0.3, -0.25) is 14.5 Å². The molecule has 1 aromatic heterocycles. The molecule has 3 heterocycles. The van der Waals surface area contributed by atoms with Crippen LogP contribution in [0, 0.1) is 12.8 Å². The lowest BCUT2D eigenvalue weighted by Crippen LogP contribution is -2.56. The fourth-order valence-electron chi connectivity index (χ4n) is 4.74. The van der Waals surface area contributed by atoms with Gasteiger partial charge in [0.2, 0.25) is 5.91 Å². The van der Waals surface area contributed by atoms with Gasteiger partial charge in [0.25, 0.3) is 5.91 Å². The summed E-state index contributed by atoms with van der Waals surface area (Å²) in [5.74, 6) is 1.03. The Bertz CT molecular complexity index is 881. The molecule has 0 N–H and O–H groups in total. The average Bonchev–Trinajstić information content (AvgIpc) is 3.25. The second-order valence-electron chi connectivity index (χ2n) is 8.87. The van der Waals surface area contributed by atoms with Crippen molar-refractivity contribution in [2.45, 2.75) is 39.2 Å². The van der Waals surface area contributed by atoms with E-state index in [1.807, 2.05) is 30.9 Å². The number of hydrogen-bond donors (Lipinski definition) is 0. The van der Waals surface area contributed by atoms with Crippen LogP contribution in [0.2, 0.25) is 0 Å². The van der Waals surface area contributed by atoms with E-state index in [9.17, 15) is 9.59 Å². The third kappa shape index (κ3) is 5.36. The first-order valence-electron chi connectivity index (χ1n) is 11.4. The van der Waals surface area contributed by atoms with Crippen LogP contribution in [0.15, 0.2) is 42.5 Å². The highest BCUT2D eigenvalue weighted by Gasteiger charge is 2.32. The number of nitrogens with zero attached hydrogens (tertiary/aromatic N) is 3. The van der Waals surface area contributed by atoms with Crippen LogP contribution in [0.3, 0.4) is 0 Å². The standard InChI is InChI=1S/C25H33N3O2S/c1-19-8-9-23(31-19)25(30)28-16-14-26(15-17-28)20(2)24(29)27-12-10-22(11-13-27)18-21-6-4-3-5-7-21/h3-9,20,22H,10-18H2,1-2H3. The summed E-state index contributed by atoms with van der Waals surface area (Å²) in [6.45, 7) is 8.66. The van der Waals surface area contributed by atoms with E-state index in [2.05, 4.69) is 40.1 Å². The number of carbonyl (C=O) groups is 2. The number of rotatable bonds is 5. The Morgan fingerprint density at radius 1 is 0.935 bits per heavy atom. The van der Waals surface area contributed by atoms with Gasteiger partial charge in [-0.1, -0.05) is 30.3 Å². The predicted octanol–water partition coefficient (Wildman–Crippen LogP) is 3.68. The van der Waals surface area contributed by atoms with E-state index in [1.165, 1.54) is 5.56 Å². The summed E-state index contributed by atoms with van der Waals surface area (Å²) >= 11 is 1.56. The number of piperazine rings is 1. The minimum Gasteiger partial charge on any atom is -0.341 e. The number of carbonyl (C=O) groups excluding carboxylic acids is 2. The number of amides is 2. The average molecular weight is 440 g/mol. The van der Waals surface area contributed by atoms with Crippen LogP contribution >= 0.6 is 11.3 Å². The van der Waals surface area contributed by atoms with Gasteiger partial charge in [-0.05, 0) is 56.7 Å². The lowest BCUT2D eigenvalue weighted by Gasteiger charge is -2.40. The highest BCUT2D eigenvalue weighted by molar-refractivity contribution is 7.13. The van der Waals surface area contributed by atoms with Crippen LogP contribution in [-0.2, 0) is 11.2 Å². The van der Waals surface area contributed by atoms with Gasteiger partial charge >= 0.3 is 0 Å². The lowest BCUT2D eigenvalue weighted by atomic mass is 9.90. The minimum absolute atomic E-state index is 0.119. The number of thiophene rings is 1. The molecule has 5 nitrogen and oxygen atoms in total. The van der Waals surface area contributed by atoms with Crippen molar-refractivity contribution in [2.75, 3.05) is 39.3 Å². The smallest absolute Gasteiger partial charge is 0.264 e. The largest absolute Gasteiger partial charge is 0.341 e. The van der Waals surface area contributed by atoms with Gasteiger partial charge in [-0.15, -0.1) is 11.3 Å². The molecule has 2 aromatic rings. The maximum atomic E-state index is 13.1. The first-order chi connectivity index (χ1) is 15.0. The molecular weight excluding hydrogens is 406 g/mol. The van der Waals surface area contributed by atoms with E-state index < -0.39 is 0 Å². The molecule has 6 heteroatoms. The summed E-state index contributed by atoms with van der Waals surface area (Å²) in [6.07, 6.45) is 3.27. The summed E-state index contributed by atoms with van der Waals surface area (Å²) in [7, 11) is 0. The maximum Gasteiger partial charge on any atom is 0.264 e. The molecule has 1 unspecified atom stereocenters. The number of likely N-dealkylation sites (tertiary alicyclic amines) is 1. The molecule has 4 rings (SSSR count). The van der Waals surface area contributed by atoms with E-state index in [0.717, 1.165) is 55.2 Å². The van der Waals surface area contributed by atoms with Gasteiger partial charge in [-0.25, -0.2) is 0 Å². The van der Waals surface area contributed by atoms with Gasteiger partial charge in [0.15, 0.2) is 0 Å². The van der Waals surface area contributed by atoms with Crippen molar-refractivity contribution >= 4 is 23.2 Å². The van der Waals surface area contributed by atoms with Crippen LogP contribution in [0.5, 0.6) is 0 Å². The number of aryl methyl sites for hydroxylation is 1. The fraction of sp³-hybridized carbons (Fsp3) is 0.520. The molecule has 1 aromatic carbocycles. The Morgan fingerprint density at radius 3 is 2.23 bits per heavy atom. The van der Waals surface area contributed by atoms with Gasteiger partial charge in [-0.2, -0.15) is 0 Å². The molecule has 0 bridgehead atoms. The van der Waals surface area contributed by atoms with Crippen molar-refractivity contribution in [3.8, 4) is 0 Å². The Morgan fingerprint density at radius 2 is 1.61 bits per heavy atom. The molecule has 2 saturated heterocycles. The molecule has 166 valence electrons. The first-order valence-corrected chi connectivity index (χ1v) is 12.3. The molecule has 1 atom stereocenters. The van der Waals surface area contributed by atoms with E-state index >= 15 is 0 Å². The van der Waals surface area contributed by atoms with E-state index in [0.29, 0.717) is 19.0 Å². The second-order valence-corrected chi connectivity index (χ2v) is 10.2. The summed E-state index contributed by atoms with van der Waals surface area (Å²) in [5.41, 5.74) is 1.39. The molecule has 2 aliphatic heterocycles. The van der Waals surface area contributed by atoms with Gasteiger partial charge in [0, 0.05) is 44.1 Å². The van der Waals surface area contributed by atoms with Gasteiger partial charge < -0.3 is 9.80 Å². The molecule has 0 saturated carbocycles. The normalized spacial score (nSPS) is 19.4. The van der Waals surface area contributed by atoms with Gasteiger partial charge in [0.1, 0.15) is 0 Å². The Kier molecular flexibility index (Phi) is 7.08. The highest BCUT2D eigenvalue weighted by atomic mass is 32.1. The third-order valence-corrected chi connectivity index (χ3v) is 7.74. The second kappa shape index (κ2) is 9.96. The number of hydrogen-bond acceptors (Lipinski definition) is 4. The lowest BCUT2D eigenvalue weighted by molar-refractivity contribution is -0.138.